The van der Waals surface area contributed by atoms with Gasteiger partial charge in [0.2, 0.25) is 0 Å². The largest absolute Gasteiger partial charge is 0.481 e. The molecule has 0 atom stereocenters. The van der Waals surface area contributed by atoms with Crippen molar-refractivity contribution in [1.29, 1.82) is 0 Å². The molecule has 2 rings (SSSR count). The zero-order valence-corrected chi connectivity index (χ0v) is 12.4. The van der Waals surface area contributed by atoms with Crippen LogP contribution >= 0.6 is 0 Å². The van der Waals surface area contributed by atoms with Gasteiger partial charge in [-0.1, -0.05) is 0 Å². The molecule has 2 amide bonds. The van der Waals surface area contributed by atoms with Crippen LogP contribution in [0.2, 0.25) is 0 Å². The maximum Gasteiger partial charge on any atom is 0.320 e. The highest BCUT2D eigenvalue weighted by molar-refractivity contribution is 5.76. The Kier molecular flexibility index (Phi) is 5.81. The highest BCUT2D eigenvalue weighted by Gasteiger charge is 2.35. The summed E-state index contributed by atoms with van der Waals surface area (Å²) in [6.07, 6.45) is 2.86. The normalized spacial score (nSPS) is 20.1. The molecule has 0 aromatic heterocycles. The number of carbonyl (C=O) groups excluding carboxylic acids is 1. The highest BCUT2D eigenvalue weighted by Crippen LogP contribution is 2.28. The van der Waals surface area contributed by atoms with Crippen molar-refractivity contribution in [3.8, 4) is 0 Å². The summed E-state index contributed by atoms with van der Waals surface area (Å²) in [5, 5.41) is 17.8. The van der Waals surface area contributed by atoms with Crippen LogP contribution in [0.15, 0.2) is 0 Å². The summed E-state index contributed by atoms with van der Waals surface area (Å²) in [6.45, 7) is 4.10. The minimum Gasteiger partial charge on any atom is -0.481 e. The van der Waals surface area contributed by atoms with E-state index in [0.29, 0.717) is 26.2 Å². The third-order valence-corrected chi connectivity index (χ3v) is 4.08. The van der Waals surface area contributed by atoms with Crippen LogP contribution in [0.1, 0.15) is 25.7 Å². The van der Waals surface area contributed by atoms with Crippen LogP contribution in [-0.2, 0) is 4.79 Å². The zero-order valence-electron chi connectivity index (χ0n) is 12.4. The van der Waals surface area contributed by atoms with Gasteiger partial charge in [0.15, 0.2) is 0 Å². The molecule has 1 aliphatic carbocycles. The summed E-state index contributed by atoms with van der Waals surface area (Å²) in [5.74, 6) is -0.863. The van der Waals surface area contributed by atoms with Crippen molar-refractivity contribution in [3.05, 3.63) is 0 Å². The van der Waals surface area contributed by atoms with Gasteiger partial charge in [-0.25, -0.2) is 4.79 Å². The maximum absolute atomic E-state index is 12.6. The van der Waals surface area contributed by atoms with E-state index in [2.05, 4.69) is 4.90 Å². The summed E-state index contributed by atoms with van der Waals surface area (Å²) >= 11 is 0. The molecule has 1 saturated carbocycles. The second kappa shape index (κ2) is 7.61. The Bertz CT molecular complexity index is 373. The molecule has 0 radical (unpaired) electrons. The fourth-order valence-electron chi connectivity index (χ4n) is 2.75. The number of aliphatic hydroxyl groups is 1. The monoisotopic (exact) mass is 299 g/mol. The topological polar surface area (TPSA) is 84.3 Å². The number of carboxylic acids is 1. The summed E-state index contributed by atoms with van der Waals surface area (Å²) in [5.41, 5.74) is 0. The smallest absolute Gasteiger partial charge is 0.320 e. The number of urea groups is 1. The number of carboxylic acid groups (broad SMARTS) is 1. The summed E-state index contributed by atoms with van der Waals surface area (Å²) < 4.78 is 0. The summed E-state index contributed by atoms with van der Waals surface area (Å²) in [6, 6.07) is 0.207. The number of aliphatic carboxylic acids is 1. The molecule has 2 aliphatic rings. The SMILES string of the molecule is O=C(O)CCN(C(=O)N1CCCN(CCO)CC1)C1CC1. The van der Waals surface area contributed by atoms with Crippen LogP contribution in [0.4, 0.5) is 4.79 Å². The van der Waals surface area contributed by atoms with Gasteiger partial charge in [-0.05, 0) is 25.8 Å². The fraction of sp³-hybridized carbons (Fsp3) is 0.857. The lowest BCUT2D eigenvalue weighted by atomic mass is 10.3. The molecule has 0 unspecified atom stereocenters. The number of amides is 2. The maximum atomic E-state index is 12.6. The van der Waals surface area contributed by atoms with E-state index < -0.39 is 5.97 Å². The number of β-amino-alcohol motifs (C(OH)–C–C–N with tert-alkyl or cyclic N) is 1. The van der Waals surface area contributed by atoms with Crippen LogP contribution < -0.4 is 0 Å². The van der Waals surface area contributed by atoms with Gasteiger partial charge in [-0.15, -0.1) is 0 Å². The van der Waals surface area contributed by atoms with Crippen LogP contribution in [0.3, 0.4) is 0 Å². The molecular weight excluding hydrogens is 274 g/mol. The van der Waals surface area contributed by atoms with Gasteiger partial charge in [0.1, 0.15) is 0 Å². The molecule has 0 bridgehead atoms. The Labute approximate surface area is 125 Å². The van der Waals surface area contributed by atoms with E-state index in [9.17, 15) is 9.59 Å². The molecule has 1 aliphatic heterocycles. The van der Waals surface area contributed by atoms with Gasteiger partial charge in [0.25, 0.3) is 0 Å². The third-order valence-electron chi connectivity index (χ3n) is 4.08. The second-order valence-corrected chi connectivity index (χ2v) is 5.76. The molecular formula is C14H25N3O4. The number of nitrogens with zero attached hydrogens (tertiary/aromatic N) is 3. The third kappa shape index (κ3) is 4.86. The van der Waals surface area contributed by atoms with Crippen molar-refractivity contribution in [3.63, 3.8) is 0 Å². The number of rotatable bonds is 6. The fourth-order valence-corrected chi connectivity index (χ4v) is 2.75. The van der Waals surface area contributed by atoms with Crippen molar-refractivity contribution >= 4 is 12.0 Å². The van der Waals surface area contributed by atoms with Gasteiger partial charge in [-0.3, -0.25) is 9.69 Å². The number of hydrogen-bond acceptors (Lipinski definition) is 4. The van der Waals surface area contributed by atoms with Gasteiger partial charge in [0.05, 0.1) is 13.0 Å². The van der Waals surface area contributed by atoms with E-state index in [1.165, 1.54) is 0 Å². The van der Waals surface area contributed by atoms with Crippen molar-refractivity contribution < 1.29 is 19.8 Å². The first-order valence-corrected chi connectivity index (χ1v) is 7.72. The first-order valence-electron chi connectivity index (χ1n) is 7.72. The lowest BCUT2D eigenvalue weighted by Crippen LogP contribution is -2.46. The first-order chi connectivity index (χ1) is 10.1. The molecule has 0 spiro atoms. The molecule has 120 valence electrons. The number of aliphatic hydroxyl groups excluding tert-OH is 1. The Morgan fingerprint density at radius 1 is 1.14 bits per heavy atom. The van der Waals surface area contributed by atoms with E-state index in [0.717, 1.165) is 32.4 Å². The van der Waals surface area contributed by atoms with Crippen LogP contribution in [0.25, 0.3) is 0 Å². The molecule has 1 heterocycles. The minimum absolute atomic E-state index is 0.00666. The molecule has 7 heteroatoms. The summed E-state index contributed by atoms with van der Waals surface area (Å²) in [7, 11) is 0. The van der Waals surface area contributed by atoms with E-state index in [1.54, 1.807) is 4.90 Å². The predicted molar refractivity (Wildman–Crippen MR) is 77.1 cm³/mol. The van der Waals surface area contributed by atoms with Crippen molar-refractivity contribution in [2.45, 2.75) is 31.7 Å². The molecule has 21 heavy (non-hydrogen) atoms. The average Bonchev–Trinajstić information content (AvgIpc) is 3.26. The summed E-state index contributed by atoms with van der Waals surface area (Å²) in [4.78, 5) is 29.1. The molecule has 2 N–H and O–H groups in total. The molecule has 7 nitrogen and oxygen atoms in total. The molecule has 0 aromatic carbocycles. The second-order valence-electron chi connectivity index (χ2n) is 5.76. The Morgan fingerprint density at radius 2 is 1.90 bits per heavy atom. The zero-order chi connectivity index (χ0) is 15.2. The number of hydrogen-bond donors (Lipinski definition) is 2. The molecule has 0 aromatic rings. The predicted octanol–water partition coefficient (Wildman–Crippen LogP) is 0.0455. The van der Waals surface area contributed by atoms with Crippen LogP contribution in [-0.4, -0.2) is 88.8 Å². The van der Waals surface area contributed by atoms with Crippen molar-refractivity contribution in [1.82, 2.24) is 14.7 Å². The highest BCUT2D eigenvalue weighted by atomic mass is 16.4. The lowest BCUT2D eigenvalue weighted by Gasteiger charge is -2.30. The Balaban J connectivity index is 1.88. The number of carbonyl (C=O) groups is 2. The molecule has 1 saturated heterocycles. The Hall–Kier alpha value is -1.34. The Morgan fingerprint density at radius 3 is 2.52 bits per heavy atom. The van der Waals surface area contributed by atoms with Gasteiger partial charge < -0.3 is 20.0 Å². The quantitative estimate of drug-likeness (QED) is 0.724. The van der Waals surface area contributed by atoms with Gasteiger partial charge >= 0.3 is 12.0 Å². The molecule has 2 fully saturated rings. The standard InChI is InChI=1S/C14H25N3O4/c18-11-10-15-5-1-6-16(9-8-15)14(21)17(12-2-3-12)7-4-13(19)20/h12,18H,1-11H2,(H,19,20). The van der Waals surface area contributed by atoms with E-state index in [1.807, 2.05) is 4.90 Å². The van der Waals surface area contributed by atoms with E-state index >= 15 is 0 Å². The average molecular weight is 299 g/mol. The van der Waals surface area contributed by atoms with Crippen LogP contribution in [0.5, 0.6) is 0 Å². The van der Waals surface area contributed by atoms with Crippen molar-refractivity contribution in [2.75, 3.05) is 45.9 Å². The van der Waals surface area contributed by atoms with Crippen LogP contribution in [0, 0.1) is 0 Å². The lowest BCUT2D eigenvalue weighted by molar-refractivity contribution is -0.137. The van der Waals surface area contributed by atoms with Crippen molar-refractivity contribution in [2.24, 2.45) is 0 Å². The minimum atomic E-state index is -0.863. The van der Waals surface area contributed by atoms with Gasteiger partial charge in [0, 0.05) is 38.8 Å². The first kappa shape index (κ1) is 16.0. The van der Waals surface area contributed by atoms with E-state index in [4.69, 9.17) is 10.2 Å². The van der Waals surface area contributed by atoms with Gasteiger partial charge in [-0.2, -0.15) is 0 Å². The van der Waals surface area contributed by atoms with E-state index in [-0.39, 0.29) is 25.1 Å².